The summed E-state index contributed by atoms with van der Waals surface area (Å²) < 4.78 is 6.49. The van der Waals surface area contributed by atoms with E-state index in [0.717, 1.165) is 30.6 Å². The Morgan fingerprint density at radius 1 is 1.19 bits per heavy atom. The van der Waals surface area contributed by atoms with Crippen molar-refractivity contribution in [3.05, 3.63) is 34.9 Å². The van der Waals surface area contributed by atoms with Crippen LogP contribution in [0.15, 0.2) is 23.8 Å². The molecule has 1 N–H and O–H groups in total. The smallest absolute Gasteiger partial charge is 0.127 e. The molecular formula is C25H38O2. The van der Waals surface area contributed by atoms with Gasteiger partial charge in [-0.2, -0.15) is 0 Å². The molecule has 1 aliphatic heterocycles. The van der Waals surface area contributed by atoms with E-state index in [1.165, 1.54) is 36.8 Å². The van der Waals surface area contributed by atoms with Crippen molar-refractivity contribution in [1.29, 1.82) is 0 Å². The lowest BCUT2D eigenvalue weighted by atomic mass is 9.67. The fourth-order valence-corrected chi connectivity index (χ4v) is 5.05. The number of allylic oxidation sites excluding steroid dienone is 2. The van der Waals surface area contributed by atoms with E-state index >= 15 is 0 Å². The molecule has 1 aliphatic carbocycles. The Morgan fingerprint density at radius 3 is 2.63 bits per heavy atom. The van der Waals surface area contributed by atoms with Gasteiger partial charge in [0.05, 0.1) is 0 Å². The van der Waals surface area contributed by atoms with Crippen LogP contribution in [-0.2, 0) is 5.41 Å². The highest BCUT2D eigenvalue weighted by Gasteiger charge is 2.45. The van der Waals surface area contributed by atoms with E-state index < -0.39 is 0 Å². The van der Waals surface area contributed by atoms with Crippen LogP contribution >= 0.6 is 0 Å². The lowest BCUT2D eigenvalue weighted by Gasteiger charge is -2.46. The van der Waals surface area contributed by atoms with Gasteiger partial charge in [-0.05, 0) is 63.1 Å². The summed E-state index contributed by atoms with van der Waals surface area (Å²) >= 11 is 0. The Labute approximate surface area is 166 Å². The number of ether oxygens (including phenoxy) is 1. The number of rotatable bonds is 6. The molecule has 1 heterocycles. The minimum absolute atomic E-state index is 0.0446. The number of phenolic OH excluding ortho intramolecular Hbond substituents is 1. The first kappa shape index (κ1) is 20.3. The van der Waals surface area contributed by atoms with Crippen LogP contribution in [0, 0.1) is 5.92 Å². The molecule has 150 valence electrons. The van der Waals surface area contributed by atoms with Gasteiger partial charge in [0.2, 0.25) is 0 Å². The quantitative estimate of drug-likeness (QED) is 0.422. The van der Waals surface area contributed by atoms with Gasteiger partial charge in [0.25, 0.3) is 0 Å². The van der Waals surface area contributed by atoms with Gasteiger partial charge in [-0.25, -0.2) is 0 Å². The molecule has 2 atom stereocenters. The standard InChI is InChI=1S/C25H38O2/c1-7-8-9-10-13-24(3,4)18-15-21(26)23-19-14-17(2)11-12-20(19)25(5,6)27-22(23)16-18/h14-16,19-20,26H,7-13H2,1-6H3/t19-,20-/m1/s1. The van der Waals surface area contributed by atoms with Crippen LogP contribution in [0.3, 0.4) is 0 Å². The van der Waals surface area contributed by atoms with Gasteiger partial charge in [0.1, 0.15) is 17.1 Å². The zero-order valence-corrected chi connectivity index (χ0v) is 18.2. The van der Waals surface area contributed by atoms with Crippen molar-refractivity contribution in [2.45, 2.75) is 103 Å². The van der Waals surface area contributed by atoms with Crippen molar-refractivity contribution in [2.75, 3.05) is 0 Å². The second-order valence-corrected chi connectivity index (χ2v) is 9.99. The highest BCUT2D eigenvalue weighted by Crippen LogP contribution is 2.54. The Kier molecular flexibility index (Phi) is 5.66. The van der Waals surface area contributed by atoms with E-state index in [1.54, 1.807) is 0 Å². The Hall–Kier alpha value is -1.44. The molecule has 2 aliphatic rings. The number of hydrogen-bond donors (Lipinski definition) is 1. The molecule has 1 aromatic carbocycles. The van der Waals surface area contributed by atoms with E-state index in [0.29, 0.717) is 11.7 Å². The van der Waals surface area contributed by atoms with Crippen molar-refractivity contribution < 1.29 is 9.84 Å². The Morgan fingerprint density at radius 2 is 1.93 bits per heavy atom. The second kappa shape index (κ2) is 7.53. The lowest BCUT2D eigenvalue weighted by molar-refractivity contribution is 0.0106. The number of benzene rings is 1. The van der Waals surface area contributed by atoms with Gasteiger partial charge in [-0.3, -0.25) is 0 Å². The normalized spacial score (nSPS) is 23.9. The van der Waals surface area contributed by atoms with Gasteiger partial charge in [0, 0.05) is 17.4 Å². The first-order valence-electron chi connectivity index (χ1n) is 10.9. The maximum absolute atomic E-state index is 11.0. The fourth-order valence-electron chi connectivity index (χ4n) is 5.05. The van der Waals surface area contributed by atoms with Gasteiger partial charge >= 0.3 is 0 Å². The highest BCUT2D eigenvalue weighted by atomic mass is 16.5. The van der Waals surface area contributed by atoms with E-state index in [-0.39, 0.29) is 16.9 Å². The number of unbranched alkanes of at least 4 members (excludes halogenated alkanes) is 3. The largest absolute Gasteiger partial charge is 0.507 e. The predicted octanol–water partition coefficient (Wildman–Crippen LogP) is 7.25. The van der Waals surface area contributed by atoms with Gasteiger partial charge in [0.15, 0.2) is 0 Å². The van der Waals surface area contributed by atoms with Crippen LogP contribution in [-0.4, -0.2) is 10.7 Å². The number of hydrogen-bond acceptors (Lipinski definition) is 2. The van der Waals surface area contributed by atoms with Crippen LogP contribution in [0.25, 0.3) is 0 Å². The molecule has 0 unspecified atom stereocenters. The molecule has 0 saturated carbocycles. The maximum atomic E-state index is 11.0. The zero-order valence-electron chi connectivity index (χ0n) is 18.2. The van der Waals surface area contributed by atoms with E-state index in [2.05, 4.69) is 53.7 Å². The summed E-state index contributed by atoms with van der Waals surface area (Å²) in [7, 11) is 0. The molecule has 0 saturated heterocycles. The molecule has 0 bridgehead atoms. The third kappa shape index (κ3) is 4.05. The topological polar surface area (TPSA) is 29.5 Å². The van der Waals surface area contributed by atoms with Crippen molar-refractivity contribution in [3.63, 3.8) is 0 Å². The summed E-state index contributed by atoms with van der Waals surface area (Å²) in [6.07, 6.45) is 10.9. The first-order valence-corrected chi connectivity index (χ1v) is 10.9. The maximum Gasteiger partial charge on any atom is 0.127 e. The first-order chi connectivity index (χ1) is 12.7. The summed E-state index contributed by atoms with van der Waals surface area (Å²) in [5.41, 5.74) is 3.47. The third-order valence-electron chi connectivity index (χ3n) is 6.90. The van der Waals surface area contributed by atoms with Gasteiger partial charge in [-0.1, -0.05) is 58.1 Å². The van der Waals surface area contributed by atoms with Gasteiger partial charge in [-0.15, -0.1) is 0 Å². The molecule has 2 heteroatoms. The molecule has 0 fully saturated rings. The number of aromatic hydroxyl groups is 1. The Balaban J connectivity index is 1.95. The minimum Gasteiger partial charge on any atom is -0.507 e. The van der Waals surface area contributed by atoms with Crippen molar-refractivity contribution in [3.8, 4) is 11.5 Å². The molecular weight excluding hydrogens is 332 g/mol. The van der Waals surface area contributed by atoms with Crippen LogP contribution in [0.4, 0.5) is 0 Å². The molecule has 1 aromatic rings. The fraction of sp³-hybridized carbons (Fsp3) is 0.680. The summed E-state index contributed by atoms with van der Waals surface area (Å²) in [4.78, 5) is 0. The van der Waals surface area contributed by atoms with Crippen LogP contribution in [0.1, 0.15) is 104 Å². The van der Waals surface area contributed by atoms with Crippen molar-refractivity contribution >= 4 is 0 Å². The average Bonchev–Trinajstić information content (AvgIpc) is 2.57. The molecule has 0 spiro atoms. The molecule has 3 rings (SSSR count). The Bertz CT molecular complexity index is 711. The molecule has 2 nitrogen and oxygen atoms in total. The second-order valence-electron chi connectivity index (χ2n) is 9.99. The summed E-state index contributed by atoms with van der Waals surface area (Å²) in [5.74, 6) is 2.00. The summed E-state index contributed by atoms with van der Waals surface area (Å²) in [6.45, 7) is 13.5. The van der Waals surface area contributed by atoms with Crippen LogP contribution < -0.4 is 4.74 Å². The van der Waals surface area contributed by atoms with Crippen LogP contribution in [0.5, 0.6) is 11.5 Å². The van der Waals surface area contributed by atoms with Gasteiger partial charge < -0.3 is 9.84 Å². The highest BCUT2D eigenvalue weighted by molar-refractivity contribution is 5.55. The number of phenols is 1. The lowest BCUT2D eigenvalue weighted by Crippen LogP contribution is -2.45. The van der Waals surface area contributed by atoms with E-state index in [1.807, 2.05) is 6.07 Å². The average molecular weight is 371 g/mol. The SMILES string of the molecule is CCCCCCC(C)(C)c1cc(O)c2c(c1)OC(C)(C)[C@@H]1CCC(C)=C[C@@H]21. The monoisotopic (exact) mass is 370 g/mol. The summed E-state index contributed by atoms with van der Waals surface area (Å²) in [6, 6.07) is 4.22. The molecule has 0 amide bonds. The summed E-state index contributed by atoms with van der Waals surface area (Å²) in [5, 5.41) is 11.0. The van der Waals surface area contributed by atoms with Crippen LogP contribution in [0.2, 0.25) is 0 Å². The van der Waals surface area contributed by atoms with Crippen molar-refractivity contribution in [1.82, 2.24) is 0 Å². The van der Waals surface area contributed by atoms with Crippen molar-refractivity contribution in [2.24, 2.45) is 5.92 Å². The number of fused-ring (bicyclic) bond motifs is 3. The molecule has 0 aromatic heterocycles. The minimum atomic E-state index is -0.203. The predicted molar refractivity (Wildman–Crippen MR) is 114 cm³/mol. The van der Waals surface area contributed by atoms with E-state index in [9.17, 15) is 5.11 Å². The third-order valence-corrected chi connectivity index (χ3v) is 6.90. The van der Waals surface area contributed by atoms with E-state index in [4.69, 9.17) is 4.74 Å². The molecule has 27 heavy (non-hydrogen) atoms. The zero-order chi connectivity index (χ0) is 19.8. The molecule has 0 radical (unpaired) electrons.